The Morgan fingerprint density at radius 3 is 3.14 bits per heavy atom. The summed E-state index contributed by atoms with van der Waals surface area (Å²) in [6.07, 6.45) is 2.59. The Balaban J connectivity index is 1.47. The number of H-pyrrole nitrogens is 1. The van der Waals surface area contributed by atoms with Gasteiger partial charge in [-0.15, -0.1) is 0 Å². The van der Waals surface area contributed by atoms with Gasteiger partial charge >= 0.3 is 0 Å². The second-order valence-corrected chi connectivity index (χ2v) is 6.21. The van der Waals surface area contributed by atoms with E-state index >= 15 is 0 Å². The SMILES string of the molecule is O=C(c1cc2ccccc2[nH]1)N1CCC(Oc2nccs2)C1. The number of carbonyl (C=O) groups excluding carboxylic acids is 1. The zero-order valence-electron chi connectivity index (χ0n) is 11.9. The minimum absolute atomic E-state index is 0.0273. The lowest BCUT2D eigenvalue weighted by atomic mass is 10.2. The molecule has 0 spiro atoms. The van der Waals surface area contributed by atoms with Gasteiger partial charge in [0.15, 0.2) is 0 Å². The molecule has 0 radical (unpaired) electrons. The van der Waals surface area contributed by atoms with E-state index in [0.717, 1.165) is 17.3 Å². The fourth-order valence-electron chi connectivity index (χ4n) is 2.78. The second-order valence-electron chi connectivity index (χ2n) is 5.35. The number of para-hydroxylation sites is 1. The molecule has 22 heavy (non-hydrogen) atoms. The molecular weight excluding hydrogens is 298 g/mol. The van der Waals surface area contributed by atoms with Crippen molar-refractivity contribution in [3.8, 4) is 5.19 Å². The molecular formula is C16H15N3O2S. The summed E-state index contributed by atoms with van der Waals surface area (Å²) in [4.78, 5) is 21.7. The van der Waals surface area contributed by atoms with Crippen LogP contribution in [0.1, 0.15) is 16.9 Å². The largest absolute Gasteiger partial charge is 0.465 e. The molecule has 1 saturated heterocycles. The predicted octanol–water partition coefficient (Wildman–Crippen LogP) is 2.92. The van der Waals surface area contributed by atoms with Crippen LogP contribution >= 0.6 is 11.3 Å². The third-order valence-electron chi connectivity index (χ3n) is 3.87. The van der Waals surface area contributed by atoms with Crippen molar-refractivity contribution in [2.45, 2.75) is 12.5 Å². The van der Waals surface area contributed by atoms with Gasteiger partial charge in [-0.25, -0.2) is 4.98 Å². The van der Waals surface area contributed by atoms with Crippen molar-refractivity contribution in [2.75, 3.05) is 13.1 Å². The summed E-state index contributed by atoms with van der Waals surface area (Å²) >= 11 is 1.48. The third kappa shape index (κ3) is 2.46. The molecule has 1 aliphatic heterocycles. The summed E-state index contributed by atoms with van der Waals surface area (Å²) in [5.41, 5.74) is 1.62. The van der Waals surface area contributed by atoms with Crippen molar-refractivity contribution in [3.63, 3.8) is 0 Å². The van der Waals surface area contributed by atoms with Crippen LogP contribution in [-0.2, 0) is 0 Å². The molecule has 1 unspecified atom stereocenters. The first-order chi connectivity index (χ1) is 10.8. The fraction of sp³-hybridized carbons (Fsp3) is 0.250. The van der Waals surface area contributed by atoms with Crippen LogP contribution in [0, 0.1) is 0 Å². The fourth-order valence-corrected chi connectivity index (χ4v) is 3.33. The zero-order chi connectivity index (χ0) is 14.9. The number of aromatic amines is 1. The Hall–Kier alpha value is -2.34. The molecule has 2 aromatic heterocycles. The van der Waals surface area contributed by atoms with E-state index < -0.39 is 0 Å². The van der Waals surface area contributed by atoms with Gasteiger partial charge < -0.3 is 14.6 Å². The lowest BCUT2D eigenvalue weighted by Crippen LogP contribution is -2.31. The number of rotatable bonds is 3. The monoisotopic (exact) mass is 313 g/mol. The second kappa shape index (κ2) is 5.46. The first-order valence-corrected chi connectivity index (χ1v) is 8.11. The van der Waals surface area contributed by atoms with Crippen LogP contribution in [0.5, 0.6) is 5.19 Å². The molecule has 1 atom stereocenters. The van der Waals surface area contributed by atoms with Gasteiger partial charge in [0.1, 0.15) is 11.8 Å². The summed E-state index contributed by atoms with van der Waals surface area (Å²) in [5.74, 6) is 0.0291. The lowest BCUT2D eigenvalue weighted by molar-refractivity contribution is 0.0767. The number of thiazole rings is 1. The molecule has 6 heteroatoms. The summed E-state index contributed by atoms with van der Waals surface area (Å²) < 4.78 is 5.79. The number of nitrogens with one attached hydrogen (secondary N) is 1. The first kappa shape index (κ1) is 13.3. The van der Waals surface area contributed by atoms with Crippen LogP contribution in [0.25, 0.3) is 10.9 Å². The van der Waals surface area contributed by atoms with Crippen molar-refractivity contribution in [2.24, 2.45) is 0 Å². The van der Waals surface area contributed by atoms with E-state index in [1.54, 1.807) is 6.20 Å². The third-order valence-corrected chi connectivity index (χ3v) is 4.53. The standard InChI is InChI=1S/C16H15N3O2S/c20-15(14-9-11-3-1-2-4-13(11)18-14)19-7-5-12(10-19)21-16-17-6-8-22-16/h1-4,6,8-9,12,18H,5,7,10H2. The number of carbonyl (C=O) groups is 1. The topological polar surface area (TPSA) is 58.2 Å². The number of hydrogen-bond acceptors (Lipinski definition) is 4. The van der Waals surface area contributed by atoms with E-state index in [-0.39, 0.29) is 12.0 Å². The quantitative estimate of drug-likeness (QED) is 0.809. The van der Waals surface area contributed by atoms with E-state index in [2.05, 4.69) is 9.97 Å². The summed E-state index contributed by atoms with van der Waals surface area (Å²) in [5, 5.41) is 3.61. The summed E-state index contributed by atoms with van der Waals surface area (Å²) in [6, 6.07) is 9.82. The minimum atomic E-state index is 0.0273. The van der Waals surface area contributed by atoms with Gasteiger partial charge in [0.2, 0.25) is 0 Å². The Morgan fingerprint density at radius 1 is 1.41 bits per heavy atom. The highest BCUT2D eigenvalue weighted by Crippen LogP contribution is 2.22. The molecule has 0 saturated carbocycles. The van der Waals surface area contributed by atoms with Gasteiger partial charge in [-0.1, -0.05) is 29.5 Å². The summed E-state index contributed by atoms with van der Waals surface area (Å²) in [7, 11) is 0. The van der Waals surface area contributed by atoms with E-state index in [0.29, 0.717) is 24.0 Å². The average Bonchev–Trinajstić information content (AvgIpc) is 3.27. The highest BCUT2D eigenvalue weighted by atomic mass is 32.1. The average molecular weight is 313 g/mol. The van der Waals surface area contributed by atoms with Crippen LogP contribution in [0.4, 0.5) is 0 Å². The van der Waals surface area contributed by atoms with Crippen molar-refractivity contribution in [1.82, 2.24) is 14.9 Å². The van der Waals surface area contributed by atoms with E-state index in [9.17, 15) is 4.79 Å². The van der Waals surface area contributed by atoms with Crippen LogP contribution in [-0.4, -0.2) is 40.0 Å². The number of fused-ring (bicyclic) bond motifs is 1. The smallest absolute Gasteiger partial charge is 0.273 e. The Labute approximate surface area is 131 Å². The van der Waals surface area contributed by atoms with Crippen LogP contribution in [0.15, 0.2) is 41.9 Å². The summed E-state index contributed by atoms with van der Waals surface area (Å²) in [6.45, 7) is 1.32. The number of likely N-dealkylation sites (tertiary alicyclic amines) is 1. The highest BCUT2D eigenvalue weighted by molar-refractivity contribution is 7.11. The normalized spacial score (nSPS) is 18.0. The molecule has 1 amide bonds. The number of aromatic nitrogens is 2. The van der Waals surface area contributed by atoms with Gasteiger partial charge in [-0.3, -0.25) is 4.79 Å². The molecule has 4 rings (SSSR count). The maximum Gasteiger partial charge on any atom is 0.273 e. The van der Waals surface area contributed by atoms with Gasteiger partial charge in [0.05, 0.1) is 6.54 Å². The molecule has 1 N–H and O–H groups in total. The number of nitrogens with zero attached hydrogens (tertiary/aromatic N) is 2. The number of hydrogen-bond donors (Lipinski definition) is 1. The Kier molecular flexibility index (Phi) is 3.31. The molecule has 1 fully saturated rings. The van der Waals surface area contributed by atoms with Crippen LogP contribution < -0.4 is 4.74 Å². The van der Waals surface area contributed by atoms with Gasteiger partial charge in [-0.05, 0) is 12.1 Å². The molecule has 5 nitrogen and oxygen atoms in total. The van der Waals surface area contributed by atoms with Gasteiger partial charge in [-0.2, -0.15) is 0 Å². The number of benzene rings is 1. The Morgan fingerprint density at radius 2 is 2.32 bits per heavy atom. The zero-order valence-corrected chi connectivity index (χ0v) is 12.7. The van der Waals surface area contributed by atoms with E-state index in [1.165, 1.54) is 11.3 Å². The van der Waals surface area contributed by atoms with Crippen molar-refractivity contribution in [1.29, 1.82) is 0 Å². The maximum atomic E-state index is 12.6. The van der Waals surface area contributed by atoms with E-state index in [1.807, 2.05) is 40.6 Å². The maximum absolute atomic E-state index is 12.6. The molecule has 1 aromatic carbocycles. The van der Waals surface area contributed by atoms with Gasteiger partial charge in [0.25, 0.3) is 11.1 Å². The molecule has 0 aliphatic carbocycles. The van der Waals surface area contributed by atoms with Crippen LogP contribution in [0.2, 0.25) is 0 Å². The highest BCUT2D eigenvalue weighted by Gasteiger charge is 2.29. The molecule has 112 valence electrons. The lowest BCUT2D eigenvalue weighted by Gasteiger charge is -2.15. The van der Waals surface area contributed by atoms with Crippen LogP contribution in [0.3, 0.4) is 0 Å². The Bertz CT molecular complexity index is 764. The number of amides is 1. The minimum Gasteiger partial charge on any atom is -0.465 e. The molecule has 0 bridgehead atoms. The molecule has 3 heterocycles. The van der Waals surface area contributed by atoms with E-state index in [4.69, 9.17) is 4.74 Å². The predicted molar refractivity (Wildman–Crippen MR) is 85.3 cm³/mol. The first-order valence-electron chi connectivity index (χ1n) is 7.23. The van der Waals surface area contributed by atoms with Crippen molar-refractivity contribution < 1.29 is 9.53 Å². The van der Waals surface area contributed by atoms with Crippen molar-refractivity contribution >= 4 is 28.1 Å². The van der Waals surface area contributed by atoms with Gasteiger partial charge in [0, 0.05) is 35.4 Å². The molecule has 3 aromatic rings. The molecule has 1 aliphatic rings. The number of ether oxygens (including phenoxy) is 1. The van der Waals surface area contributed by atoms with Crippen molar-refractivity contribution in [3.05, 3.63) is 47.6 Å².